The first-order valence-electron chi connectivity index (χ1n) is 9.92. The molecule has 33 heavy (non-hydrogen) atoms. The zero-order chi connectivity index (χ0) is 22.7. The van der Waals surface area contributed by atoms with Crippen molar-refractivity contribution in [2.45, 2.75) is 6.10 Å². The number of hydrogen-bond donors (Lipinski definition) is 0. The highest BCUT2D eigenvalue weighted by molar-refractivity contribution is 7.88. The van der Waals surface area contributed by atoms with Crippen LogP contribution in [0.25, 0.3) is 22.3 Å². The maximum absolute atomic E-state index is 11.9. The van der Waals surface area contributed by atoms with Crippen LogP contribution in [-0.4, -0.2) is 80.6 Å². The van der Waals surface area contributed by atoms with Crippen LogP contribution in [0.15, 0.2) is 36.7 Å². The maximum atomic E-state index is 11.9. The average molecular weight is 495 g/mol. The second-order valence-electron chi connectivity index (χ2n) is 7.23. The van der Waals surface area contributed by atoms with Gasteiger partial charge in [0.15, 0.2) is 17.0 Å². The van der Waals surface area contributed by atoms with E-state index in [1.54, 1.807) is 32.7 Å². The summed E-state index contributed by atoms with van der Waals surface area (Å²) in [6.07, 6.45) is 3.93. The summed E-state index contributed by atoms with van der Waals surface area (Å²) in [5.41, 5.74) is 2.53. The number of benzene rings is 1. The average Bonchev–Trinajstić information content (AvgIpc) is 2.81. The third-order valence-corrected chi connectivity index (χ3v) is 6.35. The molecule has 0 saturated carbocycles. The lowest BCUT2D eigenvalue weighted by molar-refractivity contribution is -0.0252. The van der Waals surface area contributed by atoms with Gasteiger partial charge in [0.1, 0.15) is 12.7 Å². The largest absolute Gasteiger partial charge is 0.493 e. The molecule has 10 nitrogen and oxygen atoms in total. The molecule has 12 heteroatoms. The monoisotopic (exact) mass is 494 g/mol. The second-order valence-corrected chi connectivity index (χ2v) is 9.21. The number of morpholine rings is 1. The molecule has 178 valence electrons. The molecule has 0 amide bonds. The van der Waals surface area contributed by atoms with E-state index in [2.05, 4.69) is 15.0 Å². The first-order chi connectivity index (χ1) is 15.4. The molecule has 1 aromatic carbocycles. The molecule has 0 bridgehead atoms. The summed E-state index contributed by atoms with van der Waals surface area (Å²) < 4.78 is 47.5. The molecule has 0 unspecified atom stereocenters. The van der Waals surface area contributed by atoms with E-state index in [9.17, 15) is 8.42 Å². The topological polar surface area (TPSA) is 113 Å². The molecular weight excluding hydrogens is 468 g/mol. The summed E-state index contributed by atoms with van der Waals surface area (Å²) >= 11 is 0. The summed E-state index contributed by atoms with van der Waals surface area (Å²) in [5, 5.41) is 0. The fourth-order valence-electron chi connectivity index (χ4n) is 3.45. The summed E-state index contributed by atoms with van der Waals surface area (Å²) in [5.74, 6) is 1.48. The molecule has 0 N–H and O–H groups in total. The van der Waals surface area contributed by atoms with Crippen molar-refractivity contribution in [3.63, 3.8) is 0 Å². The Labute approximate surface area is 199 Å². The van der Waals surface area contributed by atoms with Gasteiger partial charge in [-0.05, 0) is 24.3 Å². The molecular formula is C21H26N4O6S2. The third kappa shape index (κ3) is 5.64. The van der Waals surface area contributed by atoms with Crippen LogP contribution in [0.3, 0.4) is 0 Å². The van der Waals surface area contributed by atoms with Gasteiger partial charge in [-0.2, -0.15) is 17.8 Å². The lowest BCUT2D eigenvalue weighted by Gasteiger charge is -2.30. The Morgan fingerprint density at radius 3 is 2.61 bits per heavy atom. The van der Waals surface area contributed by atoms with Crippen LogP contribution in [0.1, 0.15) is 0 Å². The lowest BCUT2D eigenvalue weighted by atomic mass is 10.1. The van der Waals surface area contributed by atoms with Gasteiger partial charge in [0.2, 0.25) is 15.9 Å². The van der Waals surface area contributed by atoms with Crippen LogP contribution in [0.5, 0.6) is 17.4 Å². The van der Waals surface area contributed by atoms with Crippen LogP contribution < -0.4 is 14.2 Å². The quantitative estimate of drug-likeness (QED) is 0.486. The van der Waals surface area contributed by atoms with Crippen molar-refractivity contribution in [2.24, 2.45) is 0 Å². The van der Waals surface area contributed by atoms with Crippen LogP contribution in [-0.2, 0) is 14.8 Å². The van der Waals surface area contributed by atoms with E-state index in [0.29, 0.717) is 47.3 Å². The molecule has 1 fully saturated rings. The molecule has 1 saturated heterocycles. The van der Waals surface area contributed by atoms with Crippen molar-refractivity contribution in [3.8, 4) is 28.6 Å². The normalized spacial score (nSPS) is 16.8. The van der Waals surface area contributed by atoms with Crippen LogP contribution in [0, 0.1) is 0 Å². The van der Waals surface area contributed by atoms with E-state index < -0.39 is 16.1 Å². The van der Waals surface area contributed by atoms with Crippen molar-refractivity contribution in [1.82, 2.24) is 19.3 Å². The highest BCUT2D eigenvalue weighted by Gasteiger charge is 2.27. The van der Waals surface area contributed by atoms with Crippen LogP contribution >= 0.6 is 13.5 Å². The summed E-state index contributed by atoms with van der Waals surface area (Å²) in [4.78, 5) is 13.4. The van der Waals surface area contributed by atoms with Gasteiger partial charge in [-0.15, -0.1) is 0 Å². The molecule has 0 aliphatic carbocycles. The van der Waals surface area contributed by atoms with E-state index in [1.165, 1.54) is 10.6 Å². The number of aromatic nitrogens is 3. The Bertz CT molecular complexity index is 1220. The molecule has 1 atom stereocenters. The fraction of sp³-hybridized carbons (Fsp3) is 0.381. The maximum Gasteiger partial charge on any atom is 0.242 e. The highest BCUT2D eigenvalue weighted by Crippen LogP contribution is 2.33. The molecule has 0 radical (unpaired) electrons. The Morgan fingerprint density at radius 1 is 1.12 bits per heavy atom. The molecule has 3 aromatic rings. The van der Waals surface area contributed by atoms with Crippen molar-refractivity contribution in [2.75, 3.05) is 46.8 Å². The summed E-state index contributed by atoms with van der Waals surface area (Å²) in [6.45, 7) is 0.982. The van der Waals surface area contributed by atoms with E-state index in [-0.39, 0.29) is 26.6 Å². The van der Waals surface area contributed by atoms with Crippen molar-refractivity contribution < 1.29 is 27.4 Å². The number of methoxy groups -OCH3 is 2. The predicted octanol–water partition coefficient (Wildman–Crippen LogP) is 1.86. The van der Waals surface area contributed by atoms with E-state index >= 15 is 0 Å². The minimum absolute atomic E-state index is 0. The minimum atomic E-state index is -3.29. The smallest absolute Gasteiger partial charge is 0.242 e. The van der Waals surface area contributed by atoms with Gasteiger partial charge in [-0.3, -0.25) is 4.98 Å². The number of nitrogens with zero attached hydrogens (tertiary/aromatic N) is 4. The highest BCUT2D eigenvalue weighted by atomic mass is 32.2. The zero-order valence-electron chi connectivity index (χ0n) is 18.5. The van der Waals surface area contributed by atoms with Crippen molar-refractivity contribution >= 4 is 34.6 Å². The first-order valence-corrected chi connectivity index (χ1v) is 11.8. The van der Waals surface area contributed by atoms with Crippen molar-refractivity contribution in [3.05, 3.63) is 36.7 Å². The van der Waals surface area contributed by atoms with Crippen LogP contribution in [0.4, 0.5) is 0 Å². The van der Waals surface area contributed by atoms with Gasteiger partial charge in [-0.25, -0.2) is 18.4 Å². The zero-order valence-corrected chi connectivity index (χ0v) is 20.3. The lowest BCUT2D eigenvalue weighted by Crippen LogP contribution is -2.47. The Balaban J connectivity index is 0.00000306. The molecule has 2 aromatic heterocycles. The molecule has 4 rings (SSSR count). The van der Waals surface area contributed by atoms with Crippen LogP contribution in [0.2, 0.25) is 0 Å². The number of fused-ring (bicyclic) bond motifs is 1. The Morgan fingerprint density at radius 2 is 1.88 bits per heavy atom. The van der Waals surface area contributed by atoms with E-state index in [1.807, 2.05) is 18.2 Å². The minimum Gasteiger partial charge on any atom is -0.493 e. The van der Waals surface area contributed by atoms with Gasteiger partial charge >= 0.3 is 0 Å². The molecule has 3 heterocycles. The number of sulfonamides is 1. The summed E-state index contributed by atoms with van der Waals surface area (Å²) in [6, 6.07) is 7.30. The summed E-state index contributed by atoms with van der Waals surface area (Å²) in [7, 11) is -0.150. The van der Waals surface area contributed by atoms with Gasteiger partial charge < -0.3 is 18.9 Å². The second kappa shape index (κ2) is 10.5. The van der Waals surface area contributed by atoms with Gasteiger partial charge in [0, 0.05) is 31.0 Å². The standard InChI is InChI=1S/C21H24N4O6S.H2S/c1-28-18-5-4-14(10-19(18)29-2)16-11-17-20(23-7-6-22-17)21(24-16)31-13-15-12-25(8-9-30-15)32(3,26)27;/h4-7,10-11,15H,8-9,12-13H2,1-3H3;1H2/t15-;/m0./s1. The van der Waals surface area contributed by atoms with Crippen molar-refractivity contribution in [1.29, 1.82) is 0 Å². The molecule has 0 spiro atoms. The van der Waals surface area contributed by atoms with Gasteiger partial charge in [-0.1, -0.05) is 0 Å². The molecule has 1 aliphatic rings. The number of rotatable bonds is 7. The fourth-order valence-corrected chi connectivity index (χ4v) is 4.30. The number of hydrogen-bond acceptors (Lipinski definition) is 9. The number of ether oxygens (including phenoxy) is 4. The van der Waals surface area contributed by atoms with E-state index in [4.69, 9.17) is 18.9 Å². The van der Waals surface area contributed by atoms with Gasteiger partial charge in [0.05, 0.1) is 38.3 Å². The van der Waals surface area contributed by atoms with Gasteiger partial charge in [0.25, 0.3) is 0 Å². The first kappa shape index (κ1) is 25.0. The Hall–Kier alpha value is -2.67. The van der Waals surface area contributed by atoms with E-state index in [0.717, 1.165) is 5.56 Å². The molecule has 1 aliphatic heterocycles. The third-order valence-electron chi connectivity index (χ3n) is 5.08. The number of pyridine rings is 1. The predicted molar refractivity (Wildman–Crippen MR) is 128 cm³/mol. The SMILES string of the molecule is COc1ccc(-c2cc3nccnc3c(OC[C@@H]3CN(S(C)(=O)=O)CCO3)n2)cc1OC.S. The Kier molecular flexibility index (Phi) is 7.95.